The largest absolute Gasteiger partial charge is 0.351 e. The van der Waals surface area contributed by atoms with Gasteiger partial charge in [0.05, 0.1) is 16.2 Å². The number of hydrogen-bond donors (Lipinski definition) is 2. The van der Waals surface area contributed by atoms with E-state index in [-0.39, 0.29) is 5.91 Å². The minimum atomic E-state index is 0.0632. The summed E-state index contributed by atoms with van der Waals surface area (Å²) in [5.41, 5.74) is 1.58. The van der Waals surface area contributed by atoms with Gasteiger partial charge in [-0.15, -0.1) is 0 Å². The minimum absolute atomic E-state index is 0.0632. The zero-order valence-electron chi connectivity index (χ0n) is 16.1. The summed E-state index contributed by atoms with van der Waals surface area (Å²) in [4.78, 5) is 19.9. The third-order valence-electron chi connectivity index (χ3n) is 6.62. The zero-order chi connectivity index (χ0) is 19.1. The maximum absolute atomic E-state index is 12.6. The van der Waals surface area contributed by atoms with Crippen LogP contribution in [0.3, 0.4) is 0 Å². The molecule has 0 unspecified atom stereocenters. The van der Waals surface area contributed by atoms with Gasteiger partial charge < -0.3 is 15.5 Å². The Morgan fingerprint density at radius 1 is 1.21 bits per heavy atom. The van der Waals surface area contributed by atoms with Crippen molar-refractivity contribution in [1.29, 1.82) is 0 Å². The van der Waals surface area contributed by atoms with Gasteiger partial charge in [-0.05, 0) is 49.4 Å². The third kappa shape index (κ3) is 3.46. The molecule has 2 aromatic rings. The molecule has 1 aromatic heterocycles. The molecule has 148 valence electrons. The van der Waals surface area contributed by atoms with Crippen LogP contribution >= 0.6 is 11.6 Å². The van der Waals surface area contributed by atoms with Crippen LogP contribution in [-0.4, -0.2) is 36.1 Å². The molecule has 2 bridgehead atoms. The van der Waals surface area contributed by atoms with Gasteiger partial charge in [0, 0.05) is 37.0 Å². The number of amides is 1. The monoisotopic (exact) mass is 398 g/mol. The van der Waals surface area contributed by atoms with E-state index in [0.717, 1.165) is 42.7 Å². The quantitative estimate of drug-likeness (QED) is 0.803. The first-order chi connectivity index (χ1) is 13.7. The standard InChI is InChI=1S/C22H27ClN4O/c23-18-7-8-19-17(22(18)26-21(28)10-14-4-2-1-3-5-14)6-9-20(25-19)27-13-15-11-16(27)12-24-15/h6-9,14-16,24H,1-5,10-13H2,(H,26,28)/t15-,16-/m0/s1. The summed E-state index contributed by atoms with van der Waals surface area (Å²) in [6.45, 7) is 2.05. The molecule has 3 heterocycles. The maximum Gasteiger partial charge on any atom is 0.224 e. The average Bonchev–Trinajstić information content (AvgIpc) is 3.34. The number of rotatable bonds is 4. The van der Waals surface area contributed by atoms with Gasteiger partial charge in [-0.3, -0.25) is 4.79 Å². The molecule has 0 spiro atoms. The predicted molar refractivity (Wildman–Crippen MR) is 114 cm³/mol. The number of halogens is 1. The van der Waals surface area contributed by atoms with Crippen LogP contribution in [0.2, 0.25) is 5.02 Å². The molecule has 2 saturated heterocycles. The van der Waals surface area contributed by atoms with Crippen molar-refractivity contribution in [3.63, 3.8) is 0 Å². The smallest absolute Gasteiger partial charge is 0.224 e. The number of carbonyl (C=O) groups excluding carboxylic acids is 1. The summed E-state index contributed by atoms with van der Waals surface area (Å²) in [6.07, 6.45) is 7.89. The van der Waals surface area contributed by atoms with E-state index in [2.05, 4.69) is 27.7 Å². The van der Waals surface area contributed by atoms with Crippen LogP contribution in [0.1, 0.15) is 44.9 Å². The normalized spacial score (nSPS) is 24.8. The SMILES string of the molecule is O=C(CC1CCCCC1)Nc1c(Cl)ccc2nc(N3C[C@@H]4C[C@H]3CN4)ccc12. The molecule has 1 saturated carbocycles. The molecule has 5 rings (SSSR count). The van der Waals surface area contributed by atoms with Crippen LogP contribution in [0.25, 0.3) is 10.9 Å². The van der Waals surface area contributed by atoms with E-state index in [1.54, 1.807) is 0 Å². The Hall–Kier alpha value is -1.85. The number of piperazine rings is 1. The highest BCUT2D eigenvalue weighted by atomic mass is 35.5. The number of anilines is 2. The number of nitrogens with zero attached hydrogens (tertiary/aromatic N) is 2. The fraction of sp³-hybridized carbons (Fsp3) is 0.545. The van der Waals surface area contributed by atoms with Crippen molar-refractivity contribution < 1.29 is 4.79 Å². The number of benzene rings is 1. The lowest BCUT2D eigenvalue weighted by molar-refractivity contribution is -0.117. The Labute approximate surface area is 170 Å². The molecular weight excluding hydrogens is 372 g/mol. The van der Waals surface area contributed by atoms with E-state index in [1.807, 2.05) is 12.1 Å². The van der Waals surface area contributed by atoms with Crippen LogP contribution in [0.4, 0.5) is 11.5 Å². The number of aromatic nitrogens is 1. The number of pyridine rings is 1. The summed E-state index contributed by atoms with van der Waals surface area (Å²) in [5, 5.41) is 8.10. The fourth-order valence-corrected chi connectivity index (χ4v) is 5.35. The van der Waals surface area contributed by atoms with Crippen LogP contribution < -0.4 is 15.5 Å². The second-order valence-corrected chi connectivity index (χ2v) is 8.97. The molecule has 3 aliphatic rings. The second-order valence-electron chi connectivity index (χ2n) is 8.56. The number of nitrogens with one attached hydrogen (secondary N) is 2. The van der Waals surface area contributed by atoms with E-state index in [9.17, 15) is 4.79 Å². The molecule has 6 heteroatoms. The first kappa shape index (κ1) is 18.2. The van der Waals surface area contributed by atoms with E-state index >= 15 is 0 Å². The topological polar surface area (TPSA) is 57.3 Å². The van der Waals surface area contributed by atoms with Gasteiger partial charge in [0.25, 0.3) is 0 Å². The van der Waals surface area contributed by atoms with Gasteiger partial charge in [0.15, 0.2) is 0 Å². The van der Waals surface area contributed by atoms with E-state index in [0.29, 0.717) is 35.1 Å². The second kappa shape index (κ2) is 7.53. The van der Waals surface area contributed by atoms with E-state index < -0.39 is 0 Å². The van der Waals surface area contributed by atoms with Gasteiger partial charge in [-0.1, -0.05) is 30.9 Å². The first-order valence-electron chi connectivity index (χ1n) is 10.6. The maximum atomic E-state index is 12.6. The van der Waals surface area contributed by atoms with Crippen LogP contribution in [0, 0.1) is 5.92 Å². The average molecular weight is 399 g/mol. The Morgan fingerprint density at radius 2 is 2.07 bits per heavy atom. The summed E-state index contributed by atoms with van der Waals surface area (Å²) < 4.78 is 0. The first-order valence-corrected chi connectivity index (χ1v) is 10.9. The van der Waals surface area contributed by atoms with Crippen molar-refractivity contribution in [2.24, 2.45) is 5.92 Å². The van der Waals surface area contributed by atoms with Crippen molar-refractivity contribution in [2.45, 2.75) is 57.0 Å². The van der Waals surface area contributed by atoms with Gasteiger partial charge >= 0.3 is 0 Å². The third-order valence-corrected chi connectivity index (χ3v) is 6.93. The fourth-order valence-electron chi connectivity index (χ4n) is 5.14. The minimum Gasteiger partial charge on any atom is -0.351 e. The lowest BCUT2D eigenvalue weighted by atomic mass is 9.87. The molecule has 5 nitrogen and oxygen atoms in total. The van der Waals surface area contributed by atoms with Gasteiger partial charge in [-0.2, -0.15) is 0 Å². The lowest BCUT2D eigenvalue weighted by Gasteiger charge is -2.28. The van der Waals surface area contributed by atoms with Gasteiger partial charge in [0.1, 0.15) is 5.82 Å². The molecule has 0 radical (unpaired) electrons. The summed E-state index contributed by atoms with van der Waals surface area (Å²) in [7, 11) is 0. The van der Waals surface area contributed by atoms with Crippen LogP contribution in [-0.2, 0) is 4.79 Å². The predicted octanol–water partition coefficient (Wildman–Crippen LogP) is 4.35. The van der Waals surface area contributed by atoms with Crippen molar-refractivity contribution in [3.8, 4) is 0 Å². The number of hydrogen-bond acceptors (Lipinski definition) is 4. The number of fused-ring (bicyclic) bond motifs is 3. The molecular formula is C22H27ClN4O. The Morgan fingerprint density at radius 3 is 2.82 bits per heavy atom. The summed E-state index contributed by atoms with van der Waals surface area (Å²) in [5.74, 6) is 1.59. The van der Waals surface area contributed by atoms with E-state index in [1.165, 1.54) is 25.7 Å². The van der Waals surface area contributed by atoms with Crippen LogP contribution in [0.15, 0.2) is 24.3 Å². The van der Waals surface area contributed by atoms with Crippen molar-refractivity contribution in [1.82, 2.24) is 10.3 Å². The molecule has 2 atom stereocenters. The molecule has 1 aromatic carbocycles. The molecule has 3 fully saturated rings. The van der Waals surface area contributed by atoms with Crippen molar-refractivity contribution in [3.05, 3.63) is 29.3 Å². The molecule has 2 aliphatic heterocycles. The Kier molecular flexibility index (Phi) is 4.89. The number of carbonyl (C=O) groups is 1. The Balaban J connectivity index is 1.37. The molecule has 2 N–H and O–H groups in total. The van der Waals surface area contributed by atoms with E-state index in [4.69, 9.17) is 16.6 Å². The summed E-state index contributed by atoms with van der Waals surface area (Å²) >= 11 is 6.45. The Bertz CT molecular complexity index is 895. The lowest BCUT2D eigenvalue weighted by Crippen LogP contribution is -2.43. The highest BCUT2D eigenvalue weighted by Crippen LogP contribution is 2.35. The van der Waals surface area contributed by atoms with Crippen LogP contribution in [0.5, 0.6) is 0 Å². The molecule has 28 heavy (non-hydrogen) atoms. The molecule has 1 amide bonds. The summed E-state index contributed by atoms with van der Waals surface area (Å²) in [6, 6.07) is 9.04. The highest BCUT2D eigenvalue weighted by molar-refractivity contribution is 6.35. The van der Waals surface area contributed by atoms with Gasteiger partial charge in [0.2, 0.25) is 5.91 Å². The van der Waals surface area contributed by atoms with Crippen molar-refractivity contribution >= 4 is 39.9 Å². The van der Waals surface area contributed by atoms with Gasteiger partial charge in [-0.25, -0.2) is 4.98 Å². The molecule has 1 aliphatic carbocycles. The van der Waals surface area contributed by atoms with Crippen molar-refractivity contribution in [2.75, 3.05) is 23.3 Å². The zero-order valence-corrected chi connectivity index (χ0v) is 16.8. The highest BCUT2D eigenvalue weighted by Gasteiger charge is 2.38.